The molecular formula is C14H9N3. The van der Waals surface area contributed by atoms with Crippen LogP contribution < -0.4 is 5.43 Å². The van der Waals surface area contributed by atoms with Gasteiger partial charge in [-0.2, -0.15) is 5.10 Å². The summed E-state index contributed by atoms with van der Waals surface area (Å²) < 4.78 is 0. The molecule has 0 saturated heterocycles. The Morgan fingerprint density at radius 1 is 1.00 bits per heavy atom. The second kappa shape index (κ2) is 3.04. The van der Waals surface area contributed by atoms with Crippen molar-refractivity contribution in [3.8, 4) is 11.1 Å². The zero-order chi connectivity index (χ0) is 11.2. The number of fused-ring (bicyclic) bond motifs is 2. The van der Waals surface area contributed by atoms with Crippen LogP contribution in [0.4, 0.5) is 5.69 Å². The minimum Gasteiger partial charge on any atom is -0.277 e. The Kier molecular flexibility index (Phi) is 1.56. The normalized spacial score (nSPS) is 14.5. The molecule has 1 N–H and O–H groups in total. The van der Waals surface area contributed by atoms with Crippen molar-refractivity contribution in [1.82, 2.24) is 4.98 Å². The number of pyridine rings is 1. The van der Waals surface area contributed by atoms with Crippen LogP contribution in [-0.4, -0.2) is 10.7 Å². The van der Waals surface area contributed by atoms with E-state index in [1.807, 2.05) is 18.3 Å². The van der Waals surface area contributed by atoms with E-state index in [2.05, 4.69) is 39.8 Å². The molecule has 0 bridgehead atoms. The van der Waals surface area contributed by atoms with Crippen LogP contribution in [0.15, 0.2) is 47.8 Å². The summed E-state index contributed by atoms with van der Waals surface area (Å²) in [7, 11) is 0. The zero-order valence-electron chi connectivity index (χ0n) is 9.01. The van der Waals surface area contributed by atoms with Crippen LogP contribution in [-0.2, 0) is 0 Å². The van der Waals surface area contributed by atoms with E-state index in [1.54, 1.807) is 6.20 Å². The van der Waals surface area contributed by atoms with Crippen LogP contribution in [0.5, 0.6) is 0 Å². The van der Waals surface area contributed by atoms with Gasteiger partial charge < -0.3 is 0 Å². The maximum atomic E-state index is 4.43. The smallest absolute Gasteiger partial charge is 0.0918 e. The van der Waals surface area contributed by atoms with Crippen molar-refractivity contribution >= 4 is 17.5 Å². The third kappa shape index (κ3) is 1.11. The number of hydrazone groups is 1. The molecule has 0 saturated carbocycles. The molecule has 1 aliphatic heterocycles. The number of anilines is 1. The lowest BCUT2D eigenvalue weighted by atomic mass is 9.96. The highest BCUT2D eigenvalue weighted by Gasteiger charge is 2.21. The number of hydrogen-bond acceptors (Lipinski definition) is 3. The maximum absolute atomic E-state index is 4.43. The average molecular weight is 219 g/mol. The Hall–Kier alpha value is -2.42. The summed E-state index contributed by atoms with van der Waals surface area (Å²) in [4.78, 5) is 4.20. The molecule has 17 heavy (non-hydrogen) atoms. The van der Waals surface area contributed by atoms with Gasteiger partial charge in [0, 0.05) is 23.5 Å². The summed E-state index contributed by atoms with van der Waals surface area (Å²) in [6, 6.07) is 8.25. The lowest BCUT2D eigenvalue weighted by molar-refractivity contribution is 1.29. The Labute approximate surface area is 98.5 Å². The predicted octanol–water partition coefficient (Wildman–Crippen LogP) is 2.91. The summed E-state index contributed by atoms with van der Waals surface area (Å²) >= 11 is 0. The van der Waals surface area contributed by atoms with Crippen molar-refractivity contribution in [2.24, 2.45) is 5.10 Å². The number of hydrogen-bond donors (Lipinski definition) is 1. The van der Waals surface area contributed by atoms with Crippen molar-refractivity contribution < 1.29 is 0 Å². The number of nitrogens with zero attached hydrogens (tertiary/aromatic N) is 2. The Bertz CT molecular complexity index is 684. The van der Waals surface area contributed by atoms with Crippen LogP contribution in [0, 0.1) is 0 Å². The molecule has 2 aromatic rings. The lowest BCUT2D eigenvalue weighted by Gasteiger charge is -2.08. The van der Waals surface area contributed by atoms with E-state index < -0.39 is 0 Å². The number of aromatic nitrogens is 1. The lowest BCUT2D eigenvalue weighted by Crippen LogP contribution is -1.97. The van der Waals surface area contributed by atoms with Gasteiger partial charge in [0.05, 0.1) is 11.4 Å². The van der Waals surface area contributed by atoms with Gasteiger partial charge in [-0.05, 0) is 23.3 Å². The second-order valence-electron chi connectivity index (χ2n) is 4.13. The van der Waals surface area contributed by atoms with Gasteiger partial charge in [0.2, 0.25) is 0 Å². The highest BCUT2D eigenvalue weighted by Crippen LogP contribution is 2.36. The second-order valence-corrected chi connectivity index (χ2v) is 4.13. The van der Waals surface area contributed by atoms with Crippen LogP contribution in [0.3, 0.4) is 0 Å². The molecular weight excluding hydrogens is 210 g/mol. The van der Waals surface area contributed by atoms with Crippen molar-refractivity contribution in [3.05, 3.63) is 53.9 Å². The van der Waals surface area contributed by atoms with E-state index in [0.717, 1.165) is 17.0 Å². The van der Waals surface area contributed by atoms with Gasteiger partial charge in [0.1, 0.15) is 0 Å². The summed E-state index contributed by atoms with van der Waals surface area (Å²) in [5, 5.41) is 4.43. The minimum absolute atomic E-state index is 0.992. The highest BCUT2D eigenvalue weighted by atomic mass is 15.3. The number of rotatable bonds is 0. The van der Waals surface area contributed by atoms with Gasteiger partial charge >= 0.3 is 0 Å². The van der Waals surface area contributed by atoms with Crippen molar-refractivity contribution in [2.45, 2.75) is 0 Å². The van der Waals surface area contributed by atoms with Crippen LogP contribution >= 0.6 is 0 Å². The average Bonchev–Trinajstić information content (AvgIpc) is 2.72. The van der Waals surface area contributed by atoms with E-state index in [9.17, 15) is 0 Å². The molecule has 0 radical (unpaired) electrons. The largest absolute Gasteiger partial charge is 0.277 e. The van der Waals surface area contributed by atoms with Crippen LogP contribution in [0.1, 0.15) is 11.1 Å². The van der Waals surface area contributed by atoms with Crippen LogP contribution in [0.25, 0.3) is 17.2 Å². The molecule has 80 valence electrons. The molecule has 2 heterocycles. The van der Waals surface area contributed by atoms with Gasteiger partial charge in [-0.1, -0.05) is 24.3 Å². The van der Waals surface area contributed by atoms with Gasteiger partial charge in [-0.3, -0.25) is 10.4 Å². The fourth-order valence-corrected chi connectivity index (χ4v) is 2.39. The summed E-state index contributed by atoms with van der Waals surface area (Å²) in [6.45, 7) is 0. The number of allylic oxidation sites excluding steroid dienone is 1. The first-order valence-electron chi connectivity index (χ1n) is 5.53. The topological polar surface area (TPSA) is 37.3 Å². The first kappa shape index (κ1) is 8.70. The monoisotopic (exact) mass is 219 g/mol. The van der Waals surface area contributed by atoms with E-state index in [4.69, 9.17) is 0 Å². The SMILES string of the molecule is C1=Cc2cccc3c2C1=NNc1ccncc1-3. The first-order valence-corrected chi connectivity index (χ1v) is 5.53. The number of nitrogens with one attached hydrogen (secondary N) is 1. The van der Waals surface area contributed by atoms with Crippen molar-refractivity contribution in [2.75, 3.05) is 5.43 Å². The summed E-state index contributed by atoms with van der Waals surface area (Å²) in [6.07, 6.45) is 7.80. The Morgan fingerprint density at radius 3 is 3.00 bits per heavy atom. The van der Waals surface area contributed by atoms with E-state index >= 15 is 0 Å². The standard InChI is InChI=1S/C14H9N3/c1-2-9-4-5-13-14(9)10(3-1)11-8-15-7-6-12(11)16-17-13/h1-8,16H. The molecule has 1 aromatic heterocycles. The Balaban J connectivity index is 2.13. The third-order valence-corrected chi connectivity index (χ3v) is 3.18. The van der Waals surface area contributed by atoms with Crippen LogP contribution in [0.2, 0.25) is 0 Å². The van der Waals surface area contributed by atoms with Gasteiger partial charge in [-0.25, -0.2) is 0 Å². The Morgan fingerprint density at radius 2 is 2.00 bits per heavy atom. The molecule has 0 amide bonds. The fraction of sp³-hybridized carbons (Fsp3) is 0. The molecule has 3 nitrogen and oxygen atoms in total. The van der Waals surface area contributed by atoms with E-state index in [0.29, 0.717) is 0 Å². The molecule has 0 fully saturated rings. The first-order chi connectivity index (χ1) is 8.43. The molecule has 1 aromatic carbocycles. The predicted molar refractivity (Wildman–Crippen MR) is 68.9 cm³/mol. The molecule has 0 atom stereocenters. The van der Waals surface area contributed by atoms with Gasteiger partial charge in [-0.15, -0.1) is 0 Å². The summed E-state index contributed by atoms with van der Waals surface area (Å²) in [5.74, 6) is 0. The van der Waals surface area contributed by atoms with Gasteiger partial charge in [0.15, 0.2) is 0 Å². The zero-order valence-corrected chi connectivity index (χ0v) is 9.01. The number of benzene rings is 1. The van der Waals surface area contributed by atoms with Crippen molar-refractivity contribution in [1.29, 1.82) is 0 Å². The summed E-state index contributed by atoms with van der Waals surface area (Å²) in [5.41, 5.74) is 9.82. The minimum atomic E-state index is 0.992. The highest BCUT2D eigenvalue weighted by molar-refractivity contribution is 6.21. The van der Waals surface area contributed by atoms with E-state index in [-0.39, 0.29) is 0 Å². The van der Waals surface area contributed by atoms with E-state index in [1.165, 1.54) is 16.7 Å². The molecule has 0 unspecified atom stereocenters. The molecule has 1 aliphatic carbocycles. The fourth-order valence-electron chi connectivity index (χ4n) is 2.39. The third-order valence-electron chi connectivity index (χ3n) is 3.18. The van der Waals surface area contributed by atoms with Gasteiger partial charge in [0.25, 0.3) is 0 Å². The van der Waals surface area contributed by atoms with Crippen molar-refractivity contribution in [3.63, 3.8) is 0 Å². The molecule has 4 rings (SSSR count). The molecule has 3 heteroatoms. The maximum Gasteiger partial charge on any atom is 0.0918 e. The molecule has 2 aliphatic rings. The quantitative estimate of drug-likeness (QED) is 0.739. The molecule has 0 spiro atoms.